The zero-order valence-electron chi connectivity index (χ0n) is 10.5. The molecule has 0 aliphatic rings. The molecule has 0 heterocycles. The number of aliphatic hydroxyl groups excluding tert-OH is 1. The molecule has 5 N–H and O–H groups in total. The molecule has 8 heteroatoms. The Morgan fingerprint density at radius 1 is 1.30 bits per heavy atom. The van der Waals surface area contributed by atoms with Crippen LogP contribution in [-0.2, 0) is 0 Å². The Morgan fingerprint density at radius 2 is 1.90 bits per heavy atom. The topological polar surface area (TPSA) is 90.9 Å². The second-order valence-corrected chi connectivity index (χ2v) is 4.22. The van der Waals surface area contributed by atoms with Crippen molar-refractivity contribution in [2.24, 2.45) is 10.9 Å². The van der Waals surface area contributed by atoms with Crippen molar-refractivity contribution < 1.29 is 23.5 Å². The van der Waals surface area contributed by atoms with Gasteiger partial charge in [-0.3, -0.25) is 0 Å². The first-order chi connectivity index (χ1) is 9.34. The molecule has 0 fully saturated rings. The fraction of sp³-hybridized carbons (Fsp3) is 0.417. The van der Waals surface area contributed by atoms with Gasteiger partial charge in [0.1, 0.15) is 5.84 Å². The van der Waals surface area contributed by atoms with E-state index in [2.05, 4.69) is 10.5 Å². The maximum Gasteiger partial charge on any atom is 0.415 e. The van der Waals surface area contributed by atoms with E-state index in [0.29, 0.717) is 5.56 Å². The van der Waals surface area contributed by atoms with Crippen LogP contribution in [-0.4, -0.2) is 35.0 Å². The fourth-order valence-corrected chi connectivity index (χ4v) is 1.61. The van der Waals surface area contributed by atoms with Crippen LogP contribution in [0.2, 0.25) is 0 Å². The highest BCUT2D eigenvalue weighted by molar-refractivity contribution is 5.80. The van der Waals surface area contributed by atoms with E-state index < -0.39 is 24.9 Å². The van der Waals surface area contributed by atoms with Crippen molar-refractivity contribution in [3.63, 3.8) is 0 Å². The smallest absolute Gasteiger partial charge is 0.409 e. The number of alkyl halides is 3. The van der Waals surface area contributed by atoms with Gasteiger partial charge in [0, 0.05) is 19.0 Å². The van der Waals surface area contributed by atoms with Crippen LogP contribution in [0.4, 0.5) is 13.2 Å². The third-order valence-corrected chi connectivity index (χ3v) is 2.68. The predicted molar refractivity (Wildman–Crippen MR) is 67.3 cm³/mol. The molecule has 0 saturated carbocycles. The molecule has 0 amide bonds. The van der Waals surface area contributed by atoms with Crippen LogP contribution < -0.4 is 11.1 Å². The number of oxime groups is 1. The zero-order valence-corrected chi connectivity index (χ0v) is 10.5. The average Bonchev–Trinajstić information content (AvgIpc) is 2.42. The summed E-state index contributed by atoms with van der Waals surface area (Å²) in [6.07, 6.45) is -7.14. The summed E-state index contributed by atoms with van der Waals surface area (Å²) < 4.78 is 36.8. The summed E-state index contributed by atoms with van der Waals surface area (Å²) in [4.78, 5) is 0. The molecule has 0 aromatic heterocycles. The minimum absolute atomic E-state index is 0.0189. The molecule has 1 rings (SSSR count). The molecule has 0 spiro atoms. The van der Waals surface area contributed by atoms with Crippen LogP contribution >= 0.6 is 0 Å². The molecule has 1 aromatic rings. The molecule has 1 aromatic carbocycles. The maximum atomic E-state index is 12.3. The van der Waals surface area contributed by atoms with E-state index in [1.165, 1.54) is 0 Å². The Balaban J connectivity index is 2.74. The maximum absolute atomic E-state index is 12.3. The van der Waals surface area contributed by atoms with Crippen molar-refractivity contribution in [3.8, 4) is 0 Å². The fourth-order valence-electron chi connectivity index (χ4n) is 1.61. The lowest BCUT2D eigenvalue weighted by Crippen LogP contribution is -2.40. The van der Waals surface area contributed by atoms with Gasteiger partial charge in [-0.25, -0.2) is 0 Å². The molecule has 20 heavy (non-hydrogen) atoms. The Labute approximate surface area is 113 Å². The molecule has 0 aliphatic heterocycles. The van der Waals surface area contributed by atoms with Crippen LogP contribution in [0, 0.1) is 0 Å². The largest absolute Gasteiger partial charge is 0.415 e. The molecule has 0 saturated heterocycles. The first kappa shape index (κ1) is 16.3. The molecule has 2 unspecified atom stereocenters. The molecule has 0 radical (unpaired) electrons. The van der Waals surface area contributed by atoms with Gasteiger partial charge >= 0.3 is 6.18 Å². The van der Waals surface area contributed by atoms with Crippen LogP contribution in [0.25, 0.3) is 0 Å². The van der Waals surface area contributed by atoms with Crippen molar-refractivity contribution in [1.82, 2.24) is 5.32 Å². The zero-order chi connectivity index (χ0) is 15.2. The summed E-state index contributed by atoms with van der Waals surface area (Å²) in [5.74, 6) is -0.118. The number of rotatable bonds is 6. The molecular weight excluding hydrogens is 275 g/mol. The van der Waals surface area contributed by atoms with Crippen molar-refractivity contribution in [2.75, 3.05) is 6.54 Å². The molecule has 5 nitrogen and oxygen atoms in total. The van der Waals surface area contributed by atoms with Gasteiger partial charge in [0.15, 0.2) is 6.10 Å². The lowest BCUT2D eigenvalue weighted by atomic mass is 10.0. The van der Waals surface area contributed by atoms with E-state index in [1.54, 1.807) is 30.3 Å². The summed E-state index contributed by atoms with van der Waals surface area (Å²) in [6, 6.07) is 8.00. The standard InChI is InChI=1S/C12H16F3N3O2/c13-12(14,15)10(19)7-17-9(6-11(16)18-20)8-4-2-1-3-5-8/h1-5,9-10,17,19-20H,6-7H2,(H2,16,18). The van der Waals surface area contributed by atoms with E-state index >= 15 is 0 Å². The van der Waals surface area contributed by atoms with Gasteiger partial charge in [0.05, 0.1) is 0 Å². The van der Waals surface area contributed by atoms with Crippen molar-refractivity contribution in [2.45, 2.75) is 24.7 Å². The van der Waals surface area contributed by atoms with Gasteiger partial charge in [-0.05, 0) is 5.56 Å². The minimum atomic E-state index is -4.69. The second-order valence-electron chi connectivity index (χ2n) is 4.22. The number of aliphatic hydroxyl groups is 1. The van der Waals surface area contributed by atoms with E-state index in [0.717, 1.165) is 0 Å². The Bertz CT molecular complexity index is 437. The number of benzene rings is 1. The Hall–Kier alpha value is -1.80. The highest BCUT2D eigenvalue weighted by Gasteiger charge is 2.38. The molecule has 2 atom stereocenters. The lowest BCUT2D eigenvalue weighted by Gasteiger charge is -2.22. The van der Waals surface area contributed by atoms with Crippen molar-refractivity contribution in [1.29, 1.82) is 0 Å². The summed E-state index contributed by atoms with van der Waals surface area (Å²) in [5, 5.41) is 22.9. The van der Waals surface area contributed by atoms with Crippen LogP contribution in [0.3, 0.4) is 0 Å². The van der Waals surface area contributed by atoms with Gasteiger partial charge in [-0.2, -0.15) is 13.2 Å². The number of nitrogens with two attached hydrogens (primary N) is 1. The van der Waals surface area contributed by atoms with Crippen LogP contribution in [0.1, 0.15) is 18.0 Å². The third kappa shape index (κ3) is 5.06. The third-order valence-electron chi connectivity index (χ3n) is 2.68. The Morgan fingerprint density at radius 3 is 2.40 bits per heavy atom. The second kappa shape index (κ2) is 7.11. The van der Waals surface area contributed by atoms with E-state index in [9.17, 15) is 13.2 Å². The monoisotopic (exact) mass is 291 g/mol. The molecule has 0 bridgehead atoms. The highest BCUT2D eigenvalue weighted by atomic mass is 19.4. The van der Waals surface area contributed by atoms with E-state index in [1.807, 2.05) is 0 Å². The van der Waals surface area contributed by atoms with E-state index in [4.69, 9.17) is 16.0 Å². The predicted octanol–water partition coefficient (Wildman–Crippen LogP) is 1.38. The summed E-state index contributed by atoms with van der Waals surface area (Å²) >= 11 is 0. The van der Waals surface area contributed by atoms with Crippen molar-refractivity contribution >= 4 is 5.84 Å². The van der Waals surface area contributed by atoms with Gasteiger partial charge in [0.2, 0.25) is 0 Å². The summed E-state index contributed by atoms with van der Waals surface area (Å²) in [7, 11) is 0. The highest BCUT2D eigenvalue weighted by Crippen LogP contribution is 2.21. The summed E-state index contributed by atoms with van der Waals surface area (Å²) in [5.41, 5.74) is 6.05. The SMILES string of the molecule is N/C(CC(NCC(O)C(F)(F)F)c1ccccc1)=N/O. The summed E-state index contributed by atoms with van der Waals surface area (Å²) in [6.45, 7) is -0.679. The van der Waals surface area contributed by atoms with Gasteiger partial charge in [-0.15, -0.1) is 0 Å². The van der Waals surface area contributed by atoms with Crippen molar-refractivity contribution in [3.05, 3.63) is 35.9 Å². The molecule has 112 valence electrons. The van der Waals surface area contributed by atoms with Crippen LogP contribution in [0.15, 0.2) is 35.5 Å². The average molecular weight is 291 g/mol. The quantitative estimate of drug-likeness (QED) is 0.276. The van der Waals surface area contributed by atoms with Crippen LogP contribution in [0.5, 0.6) is 0 Å². The number of hydrogen-bond acceptors (Lipinski definition) is 4. The van der Waals surface area contributed by atoms with Gasteiger partial charge in [0.25, 0.3) is 0 Å². The molecule has 0 aliphatic carbocycles. The first-order valence-corrected chi connectivity index (χ1v) is 5.84. The van der Waals surface area contributed by atoms with Gasteiger partial charge < -0.3 is 21.4 Å². The number of amidine groups is 1. The lowest BCUT2D eigenvalue weighted by molar-refractivity contribution is -0.202. The number of halogens is 3. The first-order valence-electron chi connectivity index (χ1n) is 5.84. The van der Waals surface area contributed by atoms with E-state index in [-0.39, 0.29) is 12.3 Å². The Kier molecular flexibility index (Phi) is 5.78. The number of nitrogens with one attached hydrogen (secondary N) is 1. The van der Waals surface area contributed by atoms with Gasteiger partial charge in [-0.1, -0.05) is 35.5 Å². The normalized spacial score (nSPS) is 15.9. The molecular formula is C12H16F3N3O2. The number of hydrogen-bond donors (Lipinski definition) is 4. The number of nitrogens with zero attached hydrogens (tertiary/aromatic N) is 1. The minimum Gasteiger partial charge on any atom is -0.409 e.